The lowest BCUT2D eigenvalue weighted by molar-refractivity contribution is -0.133. The summed E-state index contributed by atoms with van der Waals surface area (Å²) in [5.74, 6) is -2.47. The largest absolute Gasteiger partial charge is 0.405 e. The molecule has 3 rings (SSSR count). The summed E-state index contributed by atoms with van der Waals surface area (Å²) in [6, 6.07) is 4.86. The highest BCUT2D eigenvalue weighted by molar-refractivity contribution is 7.91. The topological polar surface area (TPSA) is 125 Å². The molecule has 2 aliphatic heterocycles. The van der Waals surface area contributed by atoms with Crippen LogP contribution in [0.3, 0.4) is 0 Å². The van der Waals surface area contributed by atoms with Gasteiger partial charge in [0.2, 0.25) is 5.91 Å². The van der Waals surface area contributed by atoms with Gasteiger partial charge in [-0.2, -0.15) is 18.3 Å². The minimum Gasteiger partial charge on any atom is -0.343 e. The number of hydrazone groups is 1. The fraction of sp³-hybridized carbons (Fsp3) is 0.444. The minimum absolute atomic E-state index is 0.00305. The summed E-state index contributed by atoms with van der Waals surface area (Å²) in [4.78, 5) is 36.9. The molecule has 3 amide bonds. The van der Waals surface area contributed by atoms with E-state index in [1.54, 1.807) is 5.32 Å². The van der Waals surface area contributed by atoms with Crippen LogP contribution in [0, 0.1) is 0 Å². The molecule has 1 saturated heterocycles. The third-order valence-corrected chi connectivity index (χ3v) is 6.50. The van der Waals surface area contributed by atoms with Gasteiger partial charge in [0.15, 0.2) is 9.84 Å². The molecule has 0 aromatic heterocycles. The third-order valence-electron chi connectivity index (χ3n) is 4.75. The maximum absolute atomic E-state index is 12.6. The third kappa shape index (κ3) is 5.81. The molecule has 1 unspecified atom stereocenters. The molecule has 2 heterocycles. The van der Waals surface area contributed by atoms with Gasteiger partial charge in [-0.05, 0) is 18.6 Å². The Hall–Kier alpha value is -2.96. The number of para-hydroxylation sites is 1. The van der Waals surface area contributed by atoms with Crippen LogP contribution in [0.15, 0.2) is 29.4 Å². The normalized spacial score (nSPS) is 20.9. The first-order chi connectivity index (χ1) is 14.5. The highest BCUT2D eigenvalue weighted by atomic mass is 32.2. The molecular formula is C18H19F3N4O5S. The van der Waals surface area contributed by atoms with E-state index in [0.717, 1.165) is 5.01 Å². The molecule has 0 aliphatic carbocycles. The maximum atomic E-state index is 12.6. The first kappa shape index (κ1) is 22.7. The summed E-state index contributed by atoms with van der Waals surface area (Å²) in [5.41, 5.74) is -0.248. The summed E-state index contributed by atoms with van der Waals surface area (Å²) in [5, 5.41) is 9.21. The molecule has 1 atom stereocenters. The highest BCUT2D eigenvalue weighted by Gasteiger charge is 2.37. The lowest BCUT2D eigenvalue weighted by atomic mass is 10.1. The van der Waals surface area contributed by atoms with Crippen molar-refractivity contribution in [1.82, 2.24) is 10.3 Å². The smallest absolute Gasteiger partial charge is 0.343 e. The van der Waals surface area contributed by atoms with Crippen LogP contribution >= 0.6 is 0 Å². The molecule has 0 radical (unpaired) electrons. The number of carbonyl (C=O) groups is 3. The fourth-order valence-corrected chi connectivity index (χ4v) is 4.94. The van der Waals surface area contributed by atoms with Crippen LogP contribution in [-0.4, -0.2) is 67.1 Å². The second-order valence-corrected chi connectivity index (χ2v) is 9.37. The number of nitrogens with zero attached hydrogens (tertiary/aromatic N) is 2. The number of sulfone groups is 1. The van der Waals surface area contributed by atoms with Crippen molar-refractivity contribution in [3.63, 3.8) is 0 Å². The average molecular weight is 460 g/mol. The number of amides is 3. The summed E-state index contributed by atoms with van der Waals surface area (Å²) in [7, 11) is -3.27. The van der Waals surface area contributed by atoms with E-state index >= 15 is 0 Å². The van der Waals surface area contributed by atoms with Gasteiger partial charge in [0.05, 0.1) is 28.8 Å². The zero-order valence-corrected chi connectivity index (χ0v) is 16.9. The number of nitrogens with one attached hydrogen (secondary N) is 2. The number of hydrogen-bond acceptors (Lipinski definition) is 6. The van der Waals surface area contributed by atoms with Crippen molar-refractivity contribution in [3.8, 4) is 0 Å². The van der Waals surface area contributed by atoms with Gasteiger partial charge < -0.3 is 10.6 Å². The van der Waals surface area contributed by atoms with Gasteiger partial charge in [0.1, 0.15) is 12.3 Å². The SMILES string of the molecule is O=C(Nc1ccccc1C(=O)NCC(F)(F)F)C1=NN(C2CCS(=O)(=O)C2)C(=O)CC1. The molecule has 1 fully saturated rings. The van der Waals surface area contributed by atoms with E-state index in [4.69, 9.17) is 0 Å². The van der Waals surface area contributed by atoms with E-state index in [0.29, 0.717) is 0 Å². The molecule has 168 valence electrons. The molecule has 0 spiro atoms. The fourth-order valence-electron chi connectivity index (χ4n) is 3.25. The molecule has 31 heavy (non-hydrogen) atoms. The van der Waals surface area contributed by atoms with Gasteiger partial charge in [0.25, 0.3) is 11.8 Å². The van der Waals surface area contributed by atoms with Crippen molar-refractivity contribution >= 4 is 39.0 Å². The number of rotatable bonds is 5. The molecule has 0 bridgehead atoms. The first-order valence-corrected chi connectivity index (χ1v) is 11.1. The molecule has 13 heteroatoms. The number of carbonyl (C=O) groups excluding carboxylic acids is 3. The molecule has 2 N–H and O–H groups in total. The van der Waals surface area contributed by atoms with Crippen LogP contribution < -0.4 is 10.6 Å². The van der Waals surface area contributed by atoms with E-state index in [2.05, 4.69) is 10.4 Å². The summed E-state index contributed by atoms with van der Waals surface area (Å²) >= 11 is 0. The molecule has 0 saturated carbocycles. The van der Waals surface area contributed by atoms with Crippen LogP contribution in [0.5, 0.6) is 0 Å². The summed E-state index contributed by atoms with van der Waals surface area (Å²) in [6.07, 6.45) is -4.41. The molecule has 1 aromatic rings. The van der Waals surface area contributed by atoms with Crippen LogP contribution in [0.25, 0.3) is 0 Å². The predicted molar refractivity (Wildman–Crippen MR) is 104 cm³/mol. The quantitative estimate of drug-likeness (QED) is 0.681. The van der Waals surface area contributed by atoms with Crippen LogP contribution in [0.1, 0.15) is 29.6 Å². The van der Waals surface area contributed by atoms with E-state index in [9.17, 15) is 36.0 Å². The van der Waals surface area contributed by atoms with E-state index in [-0.39, 0.29) is 47.7 Å². The monoisotopic (exact) mass is 460 g/mol. The second-order valence-electron chi connectivity index (χ2n) is 7.14. The molecular weight excluding hydrogens is 441 g/mol. The van der Waals surface area contributed by atoms with E-state index in [1.807, 2.05) is 0 Å². The summed E-state index contributed by atoms with van der Waals surface area (Å²) < 4.78 is 60.5. The molecule has 9 nitrogen and oxygen atoms in total. The summed E-state index contributed by atoms with van der Waals surface area (Å²) in [6.45, 7) is -1.53. The Labute approximate surface area is 175 Å². The van der Waals surface area contributed by atoms with Gasteiger partial charge >= 0.3 is 6.18 Å². The van der Waals surface area contributed by atoms with Crippen LogP contribution in [0.4, 0.5) is 18.9 Å². The van der Waals surface area contributed by atoms with E-state index in [1.165, 1.54) is 24.3 Å². The predicted octanol–water partition coefficient (Wildman–Crippen LogP) is 1.08. The van der Waals surface area contributed by atoms with Crippen LogP contribution in [0.2, 0.25) is 0 Å². The van der Waals surface area contributed by atoms with Crippen molar-refractivity contribution in [1.29, 1.82) is 0 Å². The standard InChI is InChI=1S/C18H19F3N4O5S/c19-18(20,21)10-22-16(27)12-3-1-2-4-13(12)23-17(28)14-5-6-15(26)25(24-14)11-7-8-31(29,30)9-11/h1-4,11H,5-10H2,(H,22,27)(H,23,28). The second kappa shape index (κ2) is 8.65. The Bertz CT molecular complexity index is 1040. The molecule has 2 aliphatic rings. The molecule has 1 aromatic carbocycles. The van der Waals surface area contributed by atoms with Crippen molar-refractivity contribution in [2.45, 2.75) is 31.5 Å². The van der Waals surface area contributed by atoms with Crippen LogP contribution in [-0.2, 0) is 19.4 Å². The highest BCUT2D eigenvalue weighted by Crippen LogP contribution is 2.23. The van der Waals surface area contributed by atoms with Gasteiger partial charge in [-0.1, -0.05) is 12.1 Å². The Balaban J connectivity index is 1.75. The van der Waals surface area contributed by atoms with Crippen molar-refractivity contribution in [3.05, 3.63) is 29.8 Å². The number of hydrogen-bond donors (Lipinski definition) is 2. The minimum atomic E-state index is -4.59. The number of benzene rings is 1. The Morgan fingerprint density at radius 1 is 1.16 bits per heavy atom. The lowest BCUT2D eigenvalue weighted by Gasteiger charge is -2.27. The zero-order valence-electron chi connectivity index (χ0n) is 16.1. The lowest BCUT2D eigenvalue weighted by Crippen LogP contribution is -2.42. The van der Waals surface area contributed by atoms with Gasteiger partial charge in [-0.25, -0.2) is 13.4 Å². The van der Waals surface area contributed by atoms with E-state index < -0.39 is 46.3 Å². The zero-order chi connectivity index (χ0) is 22.8. The Morgan fingerprint density at radius 3 is 2.52 bits per heavy atom. The van der Waals surface area contributed by atoms with Gasteiger partial charge in [-0.15, -0.1) is 0 Å². The number of anilines is 1. The Morgan fingerprint density at radius 2 is 1.87 bits per heavy atom. The maximum Gasteiger partial charge on any atom is 0.405 e. The average Bonchev–Trinajstić information content (AvgIpc) is 3.05. The Kier molecular flexibility index (Phi) is 6.34. The first-order valence-electron chi connectivity index (χ1n) is 9.30. The van der Waals surface area contributed by atoms with Gasteiger partial charge in [0, 0.05) is 12.8 Å². The van der Waals surface area contributed by atoms with Crippen molar-refractivity contribution < 1.29 is 36.0 Å². The number of alkyl halides is 3. The van der Waals surface area contributed by atoms with Gasteiger partial charge in [-0.3, -0.25) is 14.4 Å². The number of halogens is 3. The van der Waals surface area contributed by atoms with Crippen molar-refractivity contribution in [2.24, 2.45) is 5.10 Å². The van der Waals surface area contributed by atoms with Crippen molar-refractivity contribution in [2.75, 3.05) is 23.4 Å².